The Morgan fingerprint density at radius 3 is 2.90 bits per heavy atom. The Labute approximate surface area is 123 Å². The third-order valence-electron chi connectivity index (χ3n) is 3.61. The lowest BCUT2D eigenvalue weighted by atomic mass is 9.89. The molecule has 0 bridgehead atoms. The zero-order valence-electron chi connectivity index (χ0n) is 12.2. The molecule has 1 saturated carbocycles. The fraction of sp³-hybridized carbons (Fsp3) is 0.615. The van der Waals surface area contributed by atoms with Gasteiger partial charge in [0.1, 0.15) is 18.8 Å². The number of nitrogens with one attached hydrogen (secondary N) is 1. The Kier molecular flexibility index (Phi) is 3.94. The van der Waals surface area contributed by atoms with E-state index in [2.05, 4.69) is 37.3 Å². The smallest absolute Gasteiger partial charge is 0.323 e. The van der Waals surface area contributed by atoms with Gasteiger partial charge < -0.3 is 10.1 Å². The second-order valence-corrected chi connectivity index (χ2v) is 5.34. The summed E-state index contributed by atoms with van der Waals surface area (Å²) in [4.78, 5) is 16.7. The van der Waals surface area contributed by atoms with Crippen molar-refractivity contribution in [3.8, 4) is 12.0 Å². The van der Waals surface area contributed by atoms with Gasteiger partial charge in [-0.2, -0.15) is 24.7 Å². The van der Waals surface area contributed by atoms with E-state index in [0.29, 0.717) is 23.8 Å². The van der Waals surface area contributed by atoms with Crippen molar-refractivity contribution in [1.82, 2.24) is 29.7 Å². The van der Waals surface area contributed by atoms with Gasteiger partial charge in [-0.15, -0.1) is 0 Å². The first kappa shape index (κ1) is 13.7. The lowest BCUT2D eigenvalue weighted by molar-refractivity contribution is 0.118. The molecule has 1 aliphatic rings. The highest BCUT2D eigenvalue weighted by atomic mass is 16.5. The van der Waals surface area contributed by atoms with E-state index in [1.165, 1.54) is 23.9 Å². The van der Waals surface area contributed by atoms with E-state index in [0.717, 1.165) is 12.8 Å². The largest absolute Gasteiger partial charge is 0.460 e. The van der Waals surface area contributed by atoms with Crippen molar-refractivity contribution < 1.29 is 4.74 Å². The Bertz CT molecular complexity index is 586. The molecule has 2 aromatic heterocycles. The van der Waals surface area contributed by atoms with Crippen LogP contribution in [0.25, 0.3) is 5.95 Å². The van der Waals surface area contributed by atoms with Gasteiger partial charge in [-0.3, -0.25) is 0 Å². The zero-order valence-corrected chi connectivity index (χ0v) is 12.2. The summed E-state index contributed by atoms with van der Waals surface area (Å²) in [7, 11) is 1.76. The fourth-order valence-corrected chi connectivity index (χ4v) is 2.56. The first-order chi connectivity index (χ1) is 10.2. The maximum atomic E-state index is 5.94. The highest BCUT2D eigenvalue weighted by Crippen LogP contribution is 2.26. The molecule has 2 atom stereocenters. The average molecular weight is 289 g/mol. The monoisotopic (exact) mass is 289 g/mol. The number of hydrogen-bond acceptors (Lipinski definition) is 7. The molecule has 0 radical (unpaired) electrons. The molecule has 3 rings (SSSR count). The van der Waals surface area contributed by atoms with Crippen LogP contribution in [0, 0.1) is 5.92 Å². The number of ether oxygens (including phenoxy) is 1. The maximum absolute atomic E-state index is 5.94. The van der Waals surface area contributed by atoms with Gasteiger partial charge in [-0.05, 0) is 25.2 Å². The lowest BCUT2D eigenvalue weighted by Crippen LogP contribution is -2.25. The molecule has 8 nitrogen and oxygen atoms in total. The minimum atomic E-state index is 0.171. The van der Waals surface area contributed by atoms with E-state index in [1.54, 1.807) is 13.4 Å². The van der Waals surface area contributed by atoms with E-state index < -0.39 is 0 Å². The number of anilines is 1. The number of hydrogen-bond donors (Lipinski definition) is 1. The minimum absolute atomic E-state index is 0.171. The van der Waals surface area contributed by atoms with Crippen LogP contribution in [0.2, 0.25) is 0 Å². The Morgan fingerprint density at radius 2 is 2.19 bits per heavy atom. The summed E-state index contributed by atoms with van der Waals surface area (Å²) < 4.78 is 7.43. The van der Waals surface area contributed by atoms with Crippen LogP contribution >= 0.6 is 0 Å². The molecule has 2 unspecified atom stereocenters. The highest BCUT2D eigenvalue weighted by Gasteiger charge is 2.22. The van der Waals surface area contributed by atoms with E-state index in [9.17, 15) is 0 Å². The molecule has 112 valence electrons. The first-order valence-electron chi connectivity index (χ1n) is 7.20. The zero-order chi connectivity index (χ0) is 14.7. The van der Waals surface area contributed by atoms with E-state index in [-0.39, 0.29) is 6.10 Å². The van der Waals surface area contributed by atoms with Crippen LogP contribution in [-0.2, 0) is 0 Å². The molecule has 0 saturated heterocycles. The lowest BCUT2D eigenvalue weighted by Gasteiger charge is -2.26. The van der Waals surface area contributed by atoms with Crippen LogP contribution in [0.3, 0.4) is 0 Å². The van der Waals surface area contributed by atoms with Crippen LogP contribution in [0.15, 0.2) is 12.7 Å². The summed E-state index contributed by atoms with van der Waals surface area (Å²) in [5, 5.41) is 6.94. The molecular weight excluding hydrogens is 270 g/mol. The van der Waals surface area contributed by atoms with Crippen LogP contribution in [0.4, 0.5) is 5.95 Å². The van der Waals surface area contributed by atoms with Crippen LogP contribution in [-0.4, -0.2) is 42.9 Å². The Balaban J connectivity index is 1.82. The van der Waals surface area contributed by atoms with Gasteiger partial charge in [0, 0.05) is 7.05 Å². The van der Waals surface area contributed by atoms with E-state index in [4.69, 9.17) is 4.74 Å². The predicted molar refractivity (Wildman–Crippen MR) is 76.3 cm³/mol. The fourth-order valence-electron chi connectivity index (χ4n) is 2.56. The van der Waals surface area contributed by atoms with Gasteiger partial charge in [-0.1, -0.05) is 13.3 Å². The molecule has 0 aromatic carbocycles. The molecule has 0 amide bonds. The van der Waals surface area contributed by atoms with Gasteiger partial charge >= 0.3 is 6.01 Å². The van der Waals surface area contributed by atoms with Crippen molar-refractivity contribution in [2.75, 3.05) is 12.4 Å². The summed E-state index contributed by atoms with van der Waals surface area (Å²) in [5.41, 5.74) is 0. The summed E-state index contributed by atoms with van der Waals surface area (Å²) in [5.74, 6) is 1.53. The van der Waals surface area contributed by atoms with Crippen LogP contribution in [0.5, 0.6) is 6.01 Å². The van der Waals surface area contributed by atoms with E-state index >= 15 is 0 Å². The molecular formula is C13H19N7O. The van der Waals surface area contributed by atoms with Crippen LogP contribution < -0.4 is 10.1 Å². The van der Waals surface area contributed by atoms with Crippen molar-refractivity contribution in [3.63, 3.8) is 0 Å². The first-order valence-corrected chi connectivity index (χ1v) is 7.20. The molecule has 8 heteroatoms. The van der Waals surface area contributed by atoms with Crippen molar-refractivity contribution in [2.24, 2.45) is 5.92 Å². The summed E-state index contributed by atoms with van der Waals surface area (Å²) in [6.07, 6.45) is 7.69. The van der Waals surface area contributed by atoms with Crippen molar-refractivity contribution in [2.45, 2.75) is 38.7 Å². The maximum Gasteiger partial charge on any atom is 0.323 e. The van der Waals surface area contributed by atoms with Crippen LogP contribution in [0.1, 0.15) is 32.6 Å². The average Bonchev–Trinajstić information content (AvgIpc) is 3.01. The summed E-state index contributed by atoms with van der Waals surface area (Å²) in [6.45, 7) is 2.25. The van der Waals surface area contributed by atoms with Crippen molar-refractivity contribution >= 4 is 5.95 Å². The quantitative estimate of drug-likeness (QED) is 0.910. The summed E-state index contributed by atoms with van der Waals surface area (Å²) in [6, 6.07) is 0.332. The third kappa shape index (κ3) is 3.26. The predicted octanol–water partition coefficient (Wildman–Crippen LogP) is 1.45. The van der Waals surface area contributed by atoms with Gasteiger partial charge in [-0.25, -0.2) is 4.98 Å². The number of nitrogens with zero attached hydrogens (tertiary/aromatic N) is 6. The van der Waals surface area contributed by atoms with Gasteiger partial charge in [0.25, 0.3) is 5.95 Å². The number of aromatic nitrogens is 6. The summed E-state index contributed by atoms with van der Waals surface area (Å²) >= 11 is 0. The van der Waals surface area contributed by atoms with Gasteiger partial charge in [0.05, 0.1) is 0 Å². The topological polar surface area (TPSA) is 90.6 Å². The molecule has 1 N–H and O–H groups in total. The molecule has 2 heterocycles. The Hall–Kier alpha value is -2.25. The number of rotatable bonds is 4. The molecule has 1 fully saturated rings. The van der Waals surface area contributed by atoms with E-state index in [1.807, 2.05) is 0 Å². The second kappa shape index (κ2) is 6.02. The molecule has 0 aliphatic heterocycles. The molecule has 0 spiro atoms. The highest BCUT2D eigenvalue weighted by molar-refractivity contribution is 5.28. The van der Waals surface area contributed by atoms with Crippen molar-refractivity contribution in [1.29, 1.82) is 0 Å². The standard InChI is InChI=1S/C13H19N7O/c1-9-4-3-5-10(6-9)21-13-18-11(14-2)17-12(19-13)20-8-15-7-16-20/h7-10H,3-6H2,1-2H3,(H,14,17,18,19). The minimum Gasteiger partial charge on any atom is -0.460 e. The normalized spacial score (nSPS) is 22.0. The van der Waals surface area contributed by atoms with Gasteiger partial charge in [0.2, 0.25) is 5.95 Å². The molecule has 1 aliphatic carbocycles. The Morgan fingerprint density at radius 1 is 1.29 bits per heavy atom. The third-order valence-corrected chi connectivity index (χ3v) is 3.61. The second-order valence-electron chi connectivity index (χ2n) is 5.34. The molecule has 21 heavy (non-hydrogen) atoms. The van der Waals surface area contributed by atoms with Crippen molar-refractivity contribution in [3.05, 3.63) is 12.7 Å². The van der Waals surface area contributed by atoms with Gasteiger partial charge in [0.15, 0.2) is 0 Å². The SMILES string of the molecule is CNc1nc(OC2CCCC(C)C2)nc(-n2cncn2)n1. The molecule has 2 aromatic rings.